The minimum Gasteiger partial charge on any atom is -0.480 e. The van der Waals surface area contributed by atoms with Crippen molar-refractivity contribution in [2.75, 3.05) is 19.7 Å². The summed E-state index contributed by atoms with van der Waals surface area (Å²) in [6, 6.07) is 0.245. The Labute approximate surface area is 79.2 Å². The van der Waals surface area contributed by atoms with Crippen molar-refractivity contribution >= 4 is 5.97 Å². The zero-order chi connectivity index (χ0) is 10.3. The Balaban J connectivity index is 3.74. The smallest absolute Gasteiger partial charge is 0.317 e. The van der Waals surface area contributed by atoms with Crippen LogP contribution in [0.15, 0.2) is 0 Å². The average molecular weight is 189 g/mol. The number of hydrogen-bond acceptors (Lipinski definition) is 3. The molecular weight excluding hydrogens is 170 g/mol. The molecule has 0 aliphatic carbocycles. The summed E-state index contributed by atoms with van der Waals surface area (Å²) in [7, 11) is 0. The van der Waals surface area contributed by atoms with Gasteiger partial charge in [-0.25, -0.2) is 0 Å². The first-order valence-corrected chi connectivity index (χ1v) is 4.64. The number of carboxylic acids is 1. The van der Waals surface area contributed by atoms with Crippen LogP contribution in [0.2, 0.25) is 0 Å². The predicted molar refractivity (Wildman–Crippen MR) is 50.7 cm³/mol. The van der Waals surface area contributed by atoms with E-state index in [9.17, 15) is 4.79 Å². The molecule has 0 aromatic heterocycles. The molecule has 0 aromatic carbocycles. The maximum atomic E-state index is 10.5. The number of carbonyl (C=O) groups is 1. The zero-order valence-electron chi connectivity index (χ0n) is 8.36. The lowest BCUT2D eigenvalue weighted by atomic mass is 10.2. The second-order valence-electron chi connectivity index (χ2n) is 3.39. The molecule has 0 heterocycles. The summed E-state index contributed by atoms with van der Waals surface area (Å²) in [5.41, 5.74) is 0. The summed E-state index contributed by atoms with van der Waals surface area (Å²) in [6.45, 7) is 4.95. The molecule has 0 aliphatic rings. The van der Waals surface area contributed by atoms with Crippen LogP contribution in [0.1, 0.15) is 26.7 Å². The highest BCUT2D eigenvalue weighted by atomic mass is 16.4. The van der Waals surface area contributed by atoms with E-state index in [-0.39, 0.29) is 19.2 Å². The van der Waals surface area contributed by atoms with Crippen LogP contribution < -0.4 is 0 Å². The maximum absolute atomic E-state index is 10.5. The van der Waals surface area contributed by atoms with Gasteiger partial charge in [0.1, 0.15) is 0 Å². The van der Waals surface area contributed by atoms with Gasteiger partial charge in [0.2, 0.25) is 0 Å². The molecule has 0 radical (unpaired) electrons. The number of nitrogens with zero attached hydrogens (tertiary/aromatic N) is 1. The first kappa shape index (κ1) is 12.4. The van der Waals surface area contributed by atoms with Crippen molar-refractivity contribution < 1.29 is 15.0 Å². The van der Waals surface area contributed by atoms with E-state index in [1.165, 1.54) is 0 Å². The molecule has 0 aromatic rings. The van der Waals surface area contributed by atoms with Crippen LogP contribution in [-0.2, 0) is 4.79 Å². The highest BCUT2D eigenvalue weighted by molar-refractivity contribution is 5.69. The van der Waals surface area contributed by atoms with Crippen molar-refractivity contribution in [2.45, 2.75) is 32.7 Å². The van der Waals surface area contributed by atoms with Gasteiger partial charge in [0, 0.05) is 12.6 Å². The normalized spacial score (nSPS) is 11.2. The van der Waals surface area contributed by atoms with Gasteiger partial charge in [-0.15, -0.1) is 0 Å². The number of rotatable bonds is 7. The number of carboxylic acid groups (broad SMARTS) is 1. The molecule has 0 bridgehead atoms. The summed E-state index contributed by atoms with van der Waals surface area (Å²) >= 11 is 0. The van der Waals surface area contributed by atoms with Crippen molar-refractivity contribution in [3.05, 3.63) is 0 Å². The molecular formula is C9H19NO3. The van der Waals surface area contributed by atoms with Gasteiger partial charge < -0.3 is 10.2 Å². The van der Waals surface area contributed by atoms with Crippen LogP contribution in [0.4, 0.5) is 0 Å². The Bertz CT molecular complexity index is 148. The van der Waals surface area contributed by atoms with E-state index in [4.69, 9.17) is 10.2 Å². The SMILES string of the molecule is CC(C)N(CCCCO)CC(=O)O. The van der Waals surface area contributed by atoms with Crippen LogP contribution in [0.5, 0.6) is 0 Å². The summed E-state index contributed by atoms with van der Waals surface area (Å²) in [6.07, 6.45) is 1.59. The van der Waals surface area contributed by atoms with Crippen molar-refractivity contribution in [1.29, 1.82) is 0 Å². The second kappa shape index (κ2) is 6.86. The fraction of sp³-hybridized carbons (Fsp3) is 0.889. The van der Waals surface area contributed by atoms with Gasteiger partial charge >= 0.3 is 5.97 Å². The number of aliphatic hydroxyl groups excluding tert-OH is 1. The molecule has 0 fully saturated rings. The van der Waals surface area contributed by atoms with Crippen LogP contribution in [0.3, 0.4) is 0 Å². The monoisotopic (exact) mass is 189 g/mol. The second-order valence-corrected chi connectivity index (χ2v) is 3.39. The summed E-state index contributed by atoms with van der Waals surface area (Å²) in [5, 5.41) is 17.2. The molecule has 4 heteroatoms. The van der Waals surface area contributed by atoms with Gasteiger partial charge in [0.05, 0.1) is 6.54 Å². The molecule has 0 rings (SSSR count). The van der Waals surface area contributed by atoms with Crippen LogP contribution >= 0.6 is 0 Å². The van der Waals surface area contributed by atoms with E-state index in [0.717, 1.165) is 19.4 Å². The molecule has 0 saturated heterocycles. The van der Waals surface area contributed by atoms with Crippen molar-refractivity contribution in [3.8, 4) is 0 Å². The molecule has 0 saturated carbocycles. The standard InChI is InChI=1S/C9H19NO3/c1-8(2)10(7-9(12)13)5-3-4-6-11/h8,11H,3-7H2,1-2H3,(H,12,13). The van der Waals surface area contributed by atoms with E-state index >= 15 is 0 Å². The number of unbranched alkanes of at least 4 members (excludes halogenated alkanes) is 1. The number of aliphatic hydroxyl groups is 1. The van der Waals surface area contributed by atoms with Crippen molar-refractivity contribution in [3.63, 3.8) is 0 Å². The first-order valence-electron chi connectivity index (χ1n) is 4.64. The third kappa shape index (κ3) is 6.54. The predicted octanol–water partition coefficient (Wildman–Crippen LogP) is 0.554. The minimum atomic E-state index is -0.794. The number of hydrogen-bond donors (Lipinski definition) is 2. The van der Waals surface area contributed by atoms with E-state index < -0.39 is 5.97 Å². The van der Waals surface area contributed by atoms with E-state index in [1.54, 1.807) is 0 Å². The molecule has 0 spiro atoms. The van der Waals surface area contributed by atoms with Crippen molar-refractivity contribution in [1.82, 2.24) is 4.90 Å². The molecule has 2 N–H and O–H groups in total. The van der Waals surface area contributed by atoms with Crippen molar-refractivity contribution in [2.24, 2.45) is 0 Å². The highest BCUT2D eigenvalue weighted by Crippen LogP contribution is 2.00. The average Bonchev–Trinajstić information content (AvgIpc) is 2.02. The molecule has 0 atom stereocenters. The van der Waals surface area contributed by atoms with Gasteiger partial charge in [-0.1, -0.05) is 0 Å². The van der Waals surface area contributed by atoms with E-state index in [0.29, 0.717) is 0 Å². The van der Waals surface area contributed by atoms with Gasteiger partial charge in [0.15, 0.2) is 0 Å². The molecule has 0 amide bonds. The van der Waals surface area contributed by atoms with Gasteiger partial charge in [-0.05, 0) is 33.2 Å². The maximum Gasteiger partial charge on any atom is 0.317 e. The Morgan fingerprint density at radius 3 is 2.38 bits per heavy atom. The van der Waals surface area contributed by atoms with Gasteiger partial charge in [0.25, 0.3) is 0 Å². The zero-order valence-corrected chi connectivity index (χ0v) is 8.36. The number of aliphatic carboxylic acids is 1. The van der Waals surface area contributed by atoms with Crippen LogP contribution in [0.25, 0.3) is 0 Å². The van der Waals surface area contributed by atoms with Crippen LogP contribution in [0, 0.1) is 0 Å². The van der Waals surface area contributed by atoms with Gasteiger partial charge in [-0.2, -0.15) is 0 Å². The van der Waals surface area contributed by atoms with Crippen LogP contribution in [-0.4, -0.2) is 46.8 Å². The molecule has 4 nitrogen and oxygen atoms in total. The third-order valence-corrected chi connectivity index (χ3v) is 1.92. The lowest BCUT2D eigenvalue weighted by Gasteiger charge is -2.24. The topological polar surface area (TPSA) is 60.8 Å². The van der Waals surface area contributed by atoms with E-state index in [1.807, 2.05) is 18.7 Å². The quantitative estimate of drug-likeness (QED) is 0.574. The highest BCUT2D eigenvalue weighted by Gasteiger charge is 2.11. The minimum absolute atomic E-state index is 0.0864. The Morgan fingerprint density at radius 1 is 1.38 bits per heavy atom. The summed E-state index contributed by atoms with van der Waals surface area (Å²) in [5.74, 6) is -0.794. The van der Waals surface area contributed by atoms with E-state index in [2.05, 4.69) is 0 Å². The molecule has 0 aliphatic heterocycles. The largest absolute Gasteiger partial charge is 0.480 e. The fourth-order valence-electron chi connectivity index (χ4n) is 1.12. The molecule has 0 unspecified atom stereocenters. The third-order valence-electron chi connectivity index (χ3n) is 1.92. The lowest BCUT2D eigenvalue weighted by Crippen LogP contribution is -2.36. The molecule has 78 valence electrons. The van der Waals surface area contributed by atoms with Gasteiger partial charge in [-0.3, -0.25) is 9.69 Å². The lowest BCUT2D eigenvalue weighted by molar-refractivity contribution is -0.138. The summed E-state index contributed by atoms with van der Waals surface area (Å²) in [4.78, 5) is 12.3. The Kier molecular flexibility index (Phi) is 6.54. The summed E-state index contributed by atoms with van der Waals surface area (Å²) < 4.78 is 0. The molecule has 13 heavy (non-hydrogen) atoms. The Hall–Kier alpha value is -0.610. The first-order chi connectivity index (χ1) is 6.07. The Morgan fingerprint density at radius 2 is 2.00 bits per heavy atom. The fourth-order valence-corrected chi connectivity index (χ4v) is 1.12.